The molecule has 1 aromatic carbocycles. The molecule has 0 spiro atoms. The van der Waals surface area contributed by atoms with Crippen LogP contribution >= 0.6 is 0 Å². The Hall–Kier alpha value is -0.940. The SMILES string of the molecule is O=S(=O)(Cc1cccc(F)c1)C1CCCNCC1. The molecule has 100 valence electrons. The zero-order valence-corrected chi connectivity index (χ0v) is 11.0. The fourth-order valence-corrected chi connectivity index (χ4v) is 4.21. The zero-order valence-electron chi connectivity index (χ0n) is 10.2. The van der Waals surface area contributed by atoms with Gasteiger partial charge in [0.1, 0.15) is 5.82 Å². The van der Waals surface area contributed by atoms with Crippen molar-refractivity contribution < 1.29 is 12.8 Å². The summed E-state index contributed by atoms with van der Waals surface area (Å²) in [5.74, 6) is -0.444. The van der Waals surface area contributed by atoms with Crippen LogP contribution in [0.5, 0.6) is 0 Å². The molecule has 2 rings (SSSR count). The Balaban J connectivity index is 2.10. The summed E-state index contributed by atoms with van der Waals surface area (Å²) in [6, 6.07) is 5.84. The van der Waals surface area contributed by atoms with E-state index in [1.165, 1.54) is 12.1 Å². The molecule has 5 heteroatoms. The highest BCUT2D eigenvalue weighted by Crippen LogP contribution is 2.19. The van der Waals surface area contributed by atoms with Crippen LogP contribution in [0.15, 0.2) is 24.3 Å². The monoisotopic (exact) mass is 271 g/mol. The number of nitrogens with one attached hydrogen (secondary N) is 1. The van der Waals surface area contributed by atoms with Crippen LogP contribution in [0.1, 0.15) is 24.8 Å². The van der Waals surface area contributed by atoms with Crippen molar-refractivity contribution in [2.45, 2.75) is 30.3 Å². The molecule has 1 saturated heterocycles. The molecule has 1 atom stereocenters. The Morgan fingerprint density at radius 2 is 2.11 bits per heavy atom. The number of sulfone groups is 1. The van der Waals surface area contributed by atoms with Crippen LogP contribution in [-0.4, -0.2) is 26.8 Å². The molecule has 1 aliphatic rings. The first-order valence-electron chi connectivity index (χ1n) is 6.25. The van der Waals surface area contributed by atoms with Crippen molar-refractivity contribution in [1.82, 2.24) is 5.32 Å². The second-order valence-electron chi connectivity index (χ2n) is 4.74. The van der Waals surface area contributed by atoms with E-state index in [0.29, 0.717) is 18.4 Å². The Morgan fingerprint density at radius 1 is 1.28 bits per heavy atom. The summed E-state index contributed by atoms with van der Waals surface area (Å²) in [6.45, 7) is 1.62. The first-order valence-corrected chi connectivity index (χ1v) is 7.96. The predicted octanol–water partition coefficient (Wildman–Crippen LogP) is 1.88. The Morgan fingerprint density at radius 3 is 2.89 bits per heavy atom. The lowest BCUT2D eigenvalue weighted by Crippen LogP contribution is -2.24. The van der Waals surface area contributed by atoms with E-state index in [9.17, 15) is 12.8 Å². The molecule has 0 aromatic heterocycles. The minimum absolute atomic E-state index is 0.0601. The fraction of sp³-hybridized carbons (Fsp3) is 0.538. The van der Waals surface area contributed by atoms with Crippen molar-refractivity contribution in [3.63, 3.8) is 0 Å². The molecule has 1 aliphatic heterocycles. The summed E-state index contributed by atoms with van der Waals surface area (Å²) in [5.41, 5.74) is 0.534. The summed E-state index contributed by atoms with van der Waals surface area (Å²) >= 11 is 0. The van der Waals surface area contributed by atoms with Gasteiger partial charge in [0.15, 0.2) is 9.84 Å². The van der Waals surface area contributed by atoms with Crippen LogP contribution in [0, 0.1) is 5.82 Å². The molecule has 1 unspecified atom stereocenters. The number of hydrogen-bond acceptors (Lipinski definition) is 3. The predicted molar refractivity (Wildman–Crippen MR) is 69.5 cm³/mol. The lowest BCUT2D eigenvalue weighted by Gasteiger charge is -2.14. The van der Waals surface area contributed by atoms with Crippen LogP contribution in [0.25, 0.3) is 0 Å². The van der Waals surface area contributed by atoms with E-state index in [-0.39, 0.29) is 16.8 Å². The van der Waals surface area contributed by atoms with Crippen molar-refractivity contribution >= 4 is 9.84 Å². The van der Waals surface area contributed by atoms with Gasteiger partial charge in [-0.15, -0.1) is 0 Å². The highest BCUT2D eigenvalue weighted by Gasteiger charge is 2.26. The first-order chi connectivity index (χ1) is 8.58. The summed E-state index contributed by atoms with van der Waals surface area (Å²) < 4.78 is 37.6. The standard InChI is InChI=1S/C13H18FNO2S/c14-12-4-1-3-11(9-12)10-18(16,17)13-5-2-7-15-8-6-13/h1,3-4,9,13,15H,2,5-8,10H2. The maximum absolute atomic E-state index is 13.0. The average Bonchev–Trinajstić information content (AvgIpc) is 2.57. The number of rotatable bonds is 3. The van der Waals surface area contributed by atoms with Crippen LogP contribution in [-0.2, 0) is 15.6 Å². The summed E-state index contributed by atoms with van der Waals surface area (Å²) in [7, 11) is -3.18. The number of benzene rings is 1. The molecule has 0 saturated carbocycles. The van der Waals surface area contributed by atoms with Crippen LogP contribution in [0.4, 0.5) is 4.39 Å². The first kappa shape index (κ1) is 13.5. The van der Waals surface area contributed by atoms with Gasteiger partial charge in [-0.25, -0.2) is 12.8 Å². The summed E-state index contributed by atoms with van der Waals surface area (Å²) in [5, 5.41) is 2.90. The molecule has 0 bridgehead atoms. The average molecular weight is 271 g/mol. The second kappa shape index (κ2) is 5.80. The molecular weight excluding hydrogens is 253 g/mol. The molecule has 3 nitrogen and oxygen atoms in total. The van der Waals surface area contributed by atoms with Gasteiger partial charge in [0.25, 0.3) is 0 Å². The highest BCUT2D eigenvalue weighted by atomic mass is 32.2. The van der Waals surface area contributed by atoms with Gasteiger partial charge in [-0.3, -0.25) is 0 Å². The van der Waals surface area contributed by atoms with Gasteiger partial charge in [-0.2, -0.15) is 0 Å². The van der Waals surface area contributed by atoms with Crippen LogP contribution in [0.3, 0.4) is 0 Å². The van der Waals surface area contributed by atoms with Crippen LogP contribution in [0.2, 0.25) is 0 Å². The second-order valence-corrected chi connectivity index (χ2v) is 7.02. The van der Waals surface area contributed by atoms with Gasteiger partial charge in [0, 0.05) is 0 Å². The van der Waals surface area contributed by atoms with E-state index < -0.39 is 9.84 Å². The normalized spacial score (nSPS) is 21.5. The Bertz CT molecular complexity index is 493. The maximum atomic E-state index is 13.0. The lowest BCUT2D eigenvalue weighted by atomic mass is 10.2. The van der Waals surface area contributed by atoms with Gasteiger partial charge in [0.2, 0.25) is 0 Å². The minimum atomic E-state index is -3.18. The van der Waals surface area contributed by atoms with Gasteiger partial charge >= 0.3 is 0 Å². The van der Waals surface area contributed by atoms with E-state index >= 15 is 0 Å². The maximum Gasteiger partial charge on any atom is 0.157 e. The van der Waals surface area contributed by atoms with E-state index in [1.54, 1.807) is 12.1 Å². The number of hydrogen-bond donors (Lipinski definition) is 1. The van der Waals surface area contributed by atoms with Gasteiger partial charge in [0.05, 0.1) is 11.0 Å². The lowest BCUT2D eigenvalue weighted by molar-refractivity contribution is 0.565. The zero-order chi connectivity index (χ0) is 13.0. The van der Waals surface area contributed by atoms with E-state index in [4.69, 9.17) is 0 Å². The van der Waals surface area contributed by atoms with Crippen molar-refractivity contribution in [3.8, 4) is 0 Å². The molecular formula is C13H18FNO2S. The summed E-state index contributed by atoms with van der Waals surface area (Å²) in [4.78, 5) is 0. The molecule has 0 radical (unpaired) electrons. The molecule has 1 N–H and O–H groups in total. The number of halogens is 1. The van der Waals surface area contributed by atoms with Crippen molar-refractivity contribution in [2.24, 2.45) is 0 Å². The van der Waals surface area contributed by atoms with Gasteiger partial charge < -0.3 is 5.32 Å². The third-order valence-electron chi connectivity index (χ3n) is 3.29. The highest BCUT2D eigenvalue weighted by molar-refractivity contribution is 7.91. The third-order valence-corrected chi connectivity index (χ3v) is 5.51. The summed E-state index contributed by atoms with van der Waals surface area (Å²) in [6.07, 6.45) is 2.23. The van der Waals surface area contributed by atoms with Crippen molar-refractivity contribution in [1.29, 1.82) is 0 Å². The molecule has 0 aliphatic carbocycles. The molecule has 18 heavy (non-hydrogen) atoms. The van der Waals surface area contributed by atoms with E-state index in [0.717, 1.165) is 19.5 Å². The minimum Gasteiger partial charge on any atom is -0.317 e. The van der Waals surface area contributed by atoms with Gasteiger partial charge in [-0.05, 0) is 50.0 Å². The molecule has 1 fully saturated rings. The van der Waals surface area contributed by atoms with E-state index in [2.05, 4.69) is 5.32 Å². The van der Waals surface area contributed by atoms with Gasteiger partial charge in [-0.1, -0.05) is 12.1 Å². The molecule has 1 aromatic rings. The smallest absolute Gasteiger partial charge is 0.157 e. The Labute approximate surface area is 107 Å². The van der Waals surface area contributed by atoms with Crippen molar-refractivity contribution in [3.05, 3.63) is 35.6 Å². The van der Waals surface area contributed by atoms with E-state index in [1.807, 2.05) is 0 Å². The Kier molecular flexibility index (Phi) is 4.35. The quantitative estimate of drug-likeness (QED) is 0.913. The molecule has 1 heterocycles. The fourth-order valence-electron chi connectivity index (χ4n) is 2.32. The third kappa shape index (κ3) is 3.53. The van der Waals surface area contributed by atoms with Crippen LogP contribution < -0.4 is 5.32 Å². The topological polar surface area (TPSA) is 46.2 Å². The molecule has 0 amide bonds. The van der Waals surface area contributed by atoms with Crippen molar-refractivity contribution in [2.75, 3.05) is 13.1 Å². The largest absolute Gasteiger partial charge is 0.317 e.